The van der Waals surface area contributed by atoms with Gasteiger partial charge in [0, 0.05) is 6.42 Å². The molecule has 0 saturated carbocycles. The van der Waals surface area contributed by atoms with Gasteiger partial charge in [0.15, 0.2) is 5.92 Å². The van der Waals surface area contributed by atoms with Gasteiger partial charge in [0.25, 0.3) is 0 Å². The molecule has 0 fully saturated rings. The van der Waals surface area contributed by atoms with Crippen LogP contribution in [0.1, 0.15) is 26.7 Å². The summed E-state index contributed by atoms with van der Waals surface area (Å²) in [5.74, 6) is -43.5. The monoisotopic (exact) mass is 506 g/mol. The van der Waals surface area contributed by atoms with E-state index in [0.717, 1.165) is 13.8 Å². The summed E-state index contributed by atoms with van der Waals surface area (Å²) < 4.78 is 178. The highest BCUT2D eigenvalue weighted by Crippen LogP contribution is 2.60. The van der Waals surface area contributed by atoms with Gasteiger partial charge in [-0.05, 0) is 20.3 Å². The highest BCUT2D eigenvalue weighted by Gasteiger charge is 2.90. The fourth-order valence-electron chi connectivity index (χ4n) is 2.10. The van der Waals surface area contributed by atoms with E-state index in [1.54, 1.807) is 0 Å². The van der Waals surface area contributed by atoms with Gasteiger partial charge in [0.05, 0.1) is 13.2 Å². The maximum atomic E-state index is 13.8. The summed E-state index contributed by atoms with van der Waals surface area (Å²) in [6.07, 6.45) is -12.0. The van der Waals surface area contributed by atoms with Crippen molar-refractivity contribution in [3.8, 4) is 0 Å². The fraction of sp³-hybridized carbons (Fsp3) is 0.867. The number of hydrogen-bond donors (Lipinski definition) is 0. The average Bonchev–Trinajstić information content (AvgIpc) is 2.60. The molecule has 0 aromatic rings. The maximum Gasteiger partial charge on any atom is 0.460 e. The van der Waals surface area contributed by atoms with Gasteiger partial charge in [-0.25, -0.2) is 0 Å². The highest BCUT2D eigenvalue weighted by atomic mass is 19.4. The lowest BCUT2D eigenvalue weighted by Gasteiger charge is -2.39. The molecule has 0 rings (SSSR count). The SMILES string of the molecule is CCOC(=O)C(CCC(F)(F)C(F)(F)C(F)(F)C(F)(F)C(F)(F)C(F)(F)F)C(=O)OCC. The second-order valence-electron chi connectivity index (χ2n) is 6.10. The van der Waals surface area contributed by atoms with Gasteiger partial charge in [0.2, 0.25) is 0 Å². The molecule has 0 amide bonds. The van der Waals surface area contributed by atoms with Gasteiger partial charge in [-0.3, -0.25) is 9.59 Å². The van der Waals surface area contributed by atoms with Crippen molar-refractivity contribution in [2.75, 3.05) is 13.2 Å². The highest BCUT2D eigenvalue weighted by molar-refractivity contribution is 5.94. The number of esters is 2. The van der Waals surface area contributed by atoms with Crippen LogP contribution in [-0.2, 0) is 19.1 Å². The summed E-state index contributed by atoms with van der Waals surface area (Å²) in [5, 5.41) is 0. The minimum Gasteiger partial charge on any atom is -0.465 e. The largest absolute Gasteiger partial charge is 0.465 e. The smallest absolute Gasteiger partial charge is 0.460 e. The maximum absolute atomic E-state index is 13.8. The summed E-state index contributed by atoms with van der Waals surface area (Å²) >= 11 is 0. The quantitative estimate of drug-likeness (QED) is 0.218. The molecule has 0 saturated heterocycles. The molecular formula is C15H15F13O4. The lowest BCUT2D eigenvalue weighted by Crippen LogP contribution is -2.70. The molecule has 17 heteroatoms. The van der Waals surface area contributed by atoms with Crippen LogP contribution < -0.4 is 0 Å². The van der Waals surface area contributed by atoms with Crippen molar-refractivity contribution in [2.45, 2.75) is 62.5 Å². The summed E-state index contributed by atoms with van der Waals surface area (Å²) in [5.41, 5.74) is 0. The third kappa shape index (κ3) is 5.15. The van der Waals surface area contributed by atoms with Gasteiger partial charge >= 0.3 is 47.7 Å². The first kappa shape index (κ1) is 30.0. The number of alkyl halides is 13. The van der Waals surface area contributed by atoms with Crippen LogP contribution in [0.2, 0.25) is 0 Å². The predicted octanol–water partition coefficient (Wildman–Crippen LogP) is 5.25. The second-order valence-corrected chi connectivity index (χ2v) is 6.10. The molecule has 0 N–H and O–H groups in total. The van der Waals surface area contributed by atoms with Crippen molar-refractivity contribution in [3.05, 3.63) is 0 Å². The topological polar surface area (TPSA) is 52.6 Å². The Morgan fingerprint density at radius 2 is 0.969 bits per heavy atom. The van der Waals surface area contributed by atoms with Crippen molar-refractivity contribution in [1.29, 1.82) is 0 Å². The van der Waals surface area contributed by atoms with E-state index in [2.05, 4.69) is 9.47 Å². The third-order valence-corrected chi connectivity index (χ3v) is 3.89. The number of ether oxygens (including phenoxy) is 2. The fourth-order valence-corrected chi connectivity index (χ4v) is 2.10. The van der Waals surface area contributed by atoms with Crippen molar-refractivity contribution in [1.82, 2.24) is 0 Å². The molecule has 0 bridgehead atoms. The van der Waals surface area contributed by atoms with Crippen LogP contribution in [0.15, 0.2) is 0 Å². The number of carbonyl (C=O) groups excluding carboxylic acids is 2. The normalized spacial score (nSPS) is 14.5. The lowest BCUT2D eigenvalue weighted by atomic mass is 9.90. The van der Waals surface area contributed by atoms with Crippen molar-refractivity contribution in [3.63, 3.8) is 0 Å². The third-order valence-electron chi connectivity index (χ3n) is 3.89. The molecule has 0 heterocycles. The van der Waals surface area contributed by atoms with Gasteiger partial charge < -0.3 is 9.47 Å². The van der Waals surface area contributed by atoms with Gasteiger partial charge in [-0.2, -0.15) is 57.1 Å². The van der Waals surface area contributed by atoms with Crippen molar-refractivity contribution < 1.29 is 76.1 Å². The summed E-state index contributed by atoms with van der Waals surface area (Å²) in [6.45, 7) is 1.31. The van der Waals surface area contributed by atoms with E-state index < -0.39 is 79.7 Å². The molecule has 0 spiro atoms. The number of rotatable bonds is 11. The molecule has 0 radical (unpaired) electrons. The second kappa shape index (κ2) is 9.49. The zero-order valence-corrected chi connectivity index (χ0v) is 16.0. The van der Waals surface area contributed by atoms with E-state index in [0.29, 0.717) is 0 Å². The van der Waals surface area contributed by atoms with Crippen LogP contribution in [0.5, 0.6) is 0 Å². The molecular weight excluding hydrogens is 491 g/mol. The molecule has 190 valence electrons. The Bertz CT molecular complexity index is 655. The van der Waals surface area contributed by atoms with Crippen LogP contribution in [0.3, 0.4) is 0 Å². The predicted molar refractivity (Wildman–Crippen MR) is 76.8 cm³/mol. The van der Waals surface area contributed by atoms with Crippen LogP contribution >= 0.6 is 0 Å². The molecule has 0 aliphatic heterocycles. The minimum atomic E-state index is -8.02. The average molecular weight is 506 g/mol. The van der Waals surface area contributed by atoms with E-state index in [9.17, 15) is 66.7 Å². The molecule has 0 unspecified atom stereocenters. The lowest BCUT2D eigenvalue weighted by molar-refractivity contribution is -0.440. The van der Waals surface area contributed by atoms with E-state index in [1.807, 2.05) is 0 Å². The van der Waals surface area contributed by atoms with E-state index in [4.69, 9.17) is 0 Å². The van der Waals surface area contributed by atoms with Gasteiger partial charge in [-0.1, -0.05) is 0 Å². The number of hydrogen-bond acceptors (Lipinski definition) is 4. The Kier molecular flexibility index (Phi) is 8.90. The minimum absolute atomic E-state index is 0.488. The molecule has 0 aliphatic rings. The summed E-state index contributed by atoms with van der Waals surface area (Å²) in [7, 11) is 0. The van der Waals surface area contributed by atoms with Crippen LogP contribution in [0.4, 0.5) is 57.1 Å². The zero-order chi connectivity index (χ0) is 26.0. The summed E-state index contributed by atoms with van der Waals surface area (Å²) in [4.78, 5) is 23.2. The Hall–Kier alpha value is -1.97. The van der Waals surface area contributed by atoms with Gasteiger partial charge in [0.1, 0.15) is 0 Å². The van der Waals surface area contributed by atoms with Crippen LogP contribution in [-0.4, -0.2) is 60.9 Å². The molecule has 0 atom stereocenters. The van der Waals surface area contributed by atoms with Crippen LogP contribution in [0.25, 0.3) is 0 Å². The molecule has 32 heavy (non-hydrogen) atoms. The zero-order valence-electron chi connectivity index (χ0n) is 16.0. The first-order valence-corrected chi connectivity index (χ1v) is 8.35. The molecule has 0 aromatic carbocycles. The van der Waals surface area contributed by atoms with Crippen LogP contribution in [0, 0.1) is 5.92 Å². The standard InChI is InChI=1S/C15H15F13O4/c1-3-31-8(29)7(9(30)32-4-2)5-6-10(16,17)11(18,19)12(20,21)13(22,23)14(24,25)15(26,27)28/h7H,3-6H2,1-2H3. The first-order chi connectivity index (χ1) is 14.1. The molecule has 0 aliphatic carbocycles. The van der Waals surface area contributed by atoms with E-state index in [-0.39, 0.29) is 0 Å². The molecule has 4 nitrogen and oxygen atoms in total. The number of halogens is 13. The Labute approximate surface area is 171 Å². The Morgan fingerprint density at radius 1 is 0.625 bits per heavy atom. The number of carbonyl (C=O) groups is 2. The Balaban J connectivity index is 6.06. The van der Waals surface area contributed by atoms with E-state index >= 15 is 0 Å². The van der Waals surface area contributed by atoms with Crippen molar-refractivity contribution in [2.24, 2.45) is 5.92 Å². The summed E-state index contributed by atoms with van der Waals surface area (Å²) in [6, 6.07) is 0. The van der Waals surface area contributed by atoms with Crippen molar-refractivity contribution >= 4 is 11.9 Å². The Morgan fingerprint density at radius 3 is 1.28 bits per heavy atom. The molecule has 0 aromatic heterocycles. The first-order valence-electron chi connectivity index (χ1n) is 8.35. The van der Waals surface area contributed by atoms with E-state index in [1.165, 1.54) is 0 Å². The van der Waals surface area contributed by atoms with Gasteiger partial charge in [-0.15, -0.1) is 0 Å².